The van der Waals surface area contributed by atoms with Gasteiger partial charge >= 0.3 is 0 Å². The SMILES string of the molecule is COCC1(C=O)CCN(CC(=O)N2CC=C(c3nccs3)CC2)C1. The lowest BCUT2D eigenvalue weighted by molar-refractivity contribution is -0.132. The van der Waals surface area contributed by atoms with E-state index in [1.54, 1.807) is 18.4 Å². The molecular weight excluding hydrogens is 326 g/mol. The fourth-order valence-electron chi connectivity index (χ4n) is 3.42. The Morgan fingerprint density at radius 1 is 1.50 bits per heavy atom. The maximum atomic E-state index is 12.5. The smallest absolute Gasteiger partial charge is 0.237 e. The third-order valence-corrected chi connectivity index (χ3v) is 5.62. The van der Waals surface area contributed by atoms with Gasteiger partial charge in [-0.15, -0.1) is 11.3 Å². The molecule has 0 N–H and O–H groups in total. The van der Waals surface area contributed by atoms with E-state index in [2.05, 4.69) is 16.0 Å². The molecule has 2 aliphatic heterocycles. The molecule has 1 amide bonds. The molecule has 0 bridgehead atoms. The van der Waals surface area contributed by atoms with Gasteiger partial charge in [-0.3, -0.25) is 9.69 Å². The van der Waals surface area contributed by atoms with Crippen LogP contribution in [-0.4, -0.2) is 73.4 Å². The number of aldehydes is 1. The van der Waals surface area contributed by atoms with Gasteiger partial charge in [0, 0.05) is 38.3 Å². The number of hydrogen-bond acceptors (Lipinski definition) is 6. The zero-order valence-corrected chi connectivity index (χ0v) is 14.8. The fraction of sp³-hybridized carbons (Fsp3) is 0.588. The van der Waals surface area contributed by atoms with Crippen molar-refractivity contribution < 1.29 is 14.3 Å². The van der Waals surface area contributed by atoms with E-state index in [1.165, 1.54) is 5.57 Å². The van der Waals surface area contributed by atoms with Crippen LogP contribution in [0.15, 0.2) is 17.7 Å². The lowest BCUT2D eigenvalue weighted by atomic mass is 9.90. The molecule has 1 aromatic heterocycles. The number of amides is 1. The Balaban J connectivity index is 1.53. The first-order valence-electron chi connectivity index (χ1n) is 8.20. The molecule has 7 heteroatoms. The number of ether oxygens (including phenoxy) is 1. The van der Waals surface area contributed by atoms with Crippen molar-refractivity contribution in [3.8, 4) is 0 Å². The molecular formula is C17H23N3O3S. The molecule has 130 valence electrons. The van der Waals surface area contributed by atoms with Crippen molar-refractivity contribution in [2.45, 2.75) is 12.8 Å². The minimum atomic E-state index is -0.450. The second-order valence-corrected chi connectivity index (χ2v) is 7.42. The van der Waals surface area contributed by atoms with Crippen LogP contribution in [0.5, 0.6) is 0 Å². The van der Waals surface area contributed by atoms with Crippen LogP contribution in [0.25, 0.3) is 5.57 Å². The van der Waals surface area contributed by atoms with E-state index in [1.807, 2.05) is 16.5 Å². The molecule has 0 radical (unpaired) electrons. The van der Waals surface area contributed by atoms with Crippen LogP contribution in [-0.2, 0) is 14.3 Å². The van der Waals surface area contributed by atoms with Crippen molar-refractivity contribution in [3.63, 3.8) is 0 Å². The van der Waals surface area contributed by atoms with Crippen LogP contribution in [0.1, 0.15) is 17.8 Å². The van der Waals surface area contributed by atoms with Gasteiger partial charge in [-0.05, 0) is 25.0 Å². The van der Waals surface area contributed by atoms with E-state index in [0.29, 0.717) is 26.2 Å². The van der Waals surface area contributed by atoms with E-state index < -0.39 is 5.41 Å². The molecule has 0 aromatic carbocycles. The minimum absolute atomic E-state index is 0.128. The Kier molecular flexibility index (Phi) is 5.43. The third-order valence-electron chi connectivity index (χ3n) is 4.77. The van der Waals surface area contributed by atoms with Gasteiger partial charge in [-0.2, -0.15) is 0 Å². The summed E-state index contributed by atoms with van der Waals surface area (Å²) in [7, 11) is 1.61. The summed E-state index contributed by atoms with van der Waals surface area (Å²) in [6.45, 7) is 3.53. The number of methoxy groups -OCH3 is 1. The lowest BCUT2D eigenvalue weighted by Gasteiger charge is -2.28. The van der Waals surface area contributed by atoms with Crippen molar-refractivity contribution in [1.29, 1.82) is 0 Å². The number of rotatable bonds is 6. The summed E-state index contributed by atoms with van der Waals surface area (Å²) in [4.78, 5) is 32.2. The molecule has 6 nitrogen and oxygen atoms in total. The number of hydrogen-bond donors (Lipinski definition) is 0. The lowest BCUT2D eigenvalue weighted by Crippen LogP contribution is -2.42. The van der Waals surface area contributed by atoms with E-state index >= 15 is 0 Å². The molecule has 1 aromatic rings. The molecule has 0 saturated carbocycles. The monoisotopic (exact) mass is 349 g/mol. The largest absolute Gasteiger partial charge is 0.384 e. The number of aromatic nitrogens is 1. The van der Waals surface area contributed by atoms with Gasteiger partial charge < -0.3 is 14.4 Å². The number of carbonyl (C=O) groups is 2. The van der Waals surface area contributed by atoms with E-state index in [9.17, 15) is 9.59 Å². The summed E-state index contributed by atoms with van der Waals surface area (Å²) >= 11 is 1.64. The molecule has 3 heterocycles. The van der Waals surface area contributed by atoms with Crippen molar-refractivity contribution in [3.05, 3.63) is 22.7 Å². The van der Waals surface area contributed by atoms with Crippen LogP contribution < -0.4 is 0 Å². The zero-order valence-electron chi connectivity index (χ0n) is 13.9. The summed E-state index contributed by atoms with van der Waals surface area (Å²) < 4.78 is 5.17. The van der Waals surface area contributed by atoms with Crippen LogP contribution in [0.3, 0.4) is 0 Å². The first-order valence-corrected chi connectivity index (χ1v) is 9.08. The molecule has 1 atom stereocenters. The molecule has 3 rings (SSSR count). The van der Waals surface area contributed by atoms with Gasteiger partial charge in [-0.1, -0.05) is 6.08 Å². The average molecular weight is 349 g/mol. The average Bonchev–Trinajstić information content (AvgIpc) is 3.26. The Hall–Kier alpha value is -1.57. The van der Waals surface area contributed by atoms with Gasteiger partial charge in [0.2, 0.25) is 5.91 Å². The van der Waals surface area contributed by atoms with Gasteiger partial charge in [0.25, 0.3) is 0 Å². The molecule has 1 fully saturated rings. The predicted octanol–water partition coefficient (Wildman–Crippen LogP) is 1.30. The van der Waals surface area contributed by atoms with Crippen molar-refractivity contribution in [2.24, 2.45) is 5.41 Å². The maximum Gasteiger partial charge on any atom is 0.237 e. The van der Waals surface area contributed by atoms with Gasteiger partial charge in [-0.25, -0.2) is 4.98 Å². The van der Waals surface area contributed by atoms with Gasteiger partial charge in [0.15, 0.2) is 0 Å². The second kappa shape index (κ2) is 7.55. The molecule has 0 spiro atoms. The predicted molar refractivity (Wildman–Crippen MR) is 92.7 cm³/mol. The van der Waals surface area contributed by atoms with Gasteiger partial charge in [0.05, 0.1) is 18.6 Å². The van der Waals surface area contributed by atoms with Crippen LogP contribution in [0, 0.1) is 5.41 Å². The summed E-state index contributed by atoms with van der Waals surface area (Å²) in [5.74, 6) is 0.128. The highest BCUT2D eigenvalue weighted by Gasteiger charge is 2.39. The van der Waals surface area contributed by atoms with E-state index in [0.717, 1.165) is 37.2 Å². The Labute approximate surface area is 146 Å². The minimum Gasteiger partial charge on any atom is -0.384 e. The Morgan fingerprint density at radius 3 is 3.00 bits per heavy atom. The number of likely N-dealkylation sites (tertiary alicyclic amines) is 1. The molecule has 0 aliphatic carbocycles. The van der Waals surface area contributed by atoms with E-state index in [4.69, 9.17) is 4.74 Å². The Morgan fingerprint density at radius 2 is 2.38 bits per heavy atom. The topological polar surface area (TPSA) is 62.7 Å². The molecule has 1 unspecified atom stereocenters. The first-order chi connectivity index (χ1) is 11.7. The second-order valence-electron chi connectivity index (χ2n) is 6.53. The fourth-order valence-corrected chi connectivity index (χ4v) is 4.13. The Bertz CT molecular complexity index is 617. The van der Waals surface area contributed by atoms with Gasteiger partial charge in [0.1, 0.15) is 11.3 Å². The molecule has 24 heavy (non-hydrogen) atoms. The zero-order chi connectivity index (χ0) is 17.0. The number of carbonyl (C=O) groups excluding carboxylic acids is 2. The van der Waals surface area contributed by atoms with Crippen LogP contribution in [0.4, 0.5) is 0 Å². The highest BCUT2D eigenvalue weighted by atomic mass is 32.1. The summed E-state index contributed by atoms with van der Waals surface area (Å²) in [6, 6.07) is 0. The molecule has 2 aliphatic rings. The quantitative estimate of drug-likeness (QED) is 0.725. The first kappa shape index (κ1) is 17.3. The standard InChI is InChI=1S/C17H23N3O3S/c1-23-13-17(12-21)4-8-19(11-17)10-15(22)20-6-2-14(3-7-20)16-18-5-9-24-16/h2,5,9,12H,3-4,6-8,10-11,13H2,1H3. The highest BCUT2D eigenvalue weighted by molar-refractivity contribution is 7.10. The summed E-state index contributed by atoms with van der Waals surface area (Å²) in [5.41, 5.74) is 0.782. The third kappa shape index (κ3) is 3.74. The van der Waals surface area contributed by atoms with Crippen molar-refractivity contribution >= 4 is 29.1 Å². The highest BCUT2D eigenvalue weighted by Crippen LogP contribution is 2.29. The molecule has 1 saturated heterocycles. The van der Waals surface area contributed by atoms with Crippen LogP contribution >= 0.6 is 11.3 Å². The summed E-state index contributed by atoms with van der Waals surface area (Å²) in [6.07, 6.45) is 6.51. The van der Waals surface area contributed by atoms with Crippen LogP contribution in [0.2, 0.25) is 0 Å². The maximum absolute atomic E-state index is 12.5. The van der Waals surface area contributed by atoms with Crippen molar-refractivity contribution in [2.75, 3.05) is 46.4 Å². The normalized spacial score (nSPS) is 24.9. The number of nitrogens with zero attached hydrogens (tertiary/aromatic N) is 3. The summed E-state index contributed by atoms with van der Waals surface area (Å²) in [5, 5.41) is 3.03. The van der Waals surface area contributed by atoms with E-state index in [-0.39, 0.29) is 5.91 Å². The van der Waals surface area contributed by atoms with Crippen molar-refractivity contribution in [1.82, 2.24) is 14.8 Å². The number of thiazole rings is 1.